The first kappa shape index (κ1) is 16.8. The molecule has 2 aromatic rings. The molecule has 0 aliphatic rings. The lowest BCUT2D eigenvalue weighted by Gasteiger charge is -2.10. The highest BCUT2D eigenvalue weighted by atomic mass is 35.5. The summed E-state index contributed by atoms with van der Waals surface area (Å²) in [5.41, 5.74) is 6.26. The maximum absolute atomic E-state index is 12.3. The fraction of sp³-hybridized carbons (Fsp3) is 0. The van der Waals surface area contributed by atoms with Gasteiger partial charge in [-0.05, 0) is 54.7 Å². The van der Waals surface area contributed by atoms with E-state index in [4.69, 9.17) is 41.2 Å². The second kappa shape index (κ2) is 6.70. The van der Waals surface area contributed by atoms with Crippen LogP contribution >= 0.6 is 35.4 Å². The van der Waals surface area contributed by atoms with Crippen molar-refractivity contribution in [1.82, 2.24) is 0 Å². The highest BCUT2D eigenvalue weighted by molar-refractivity contribution is 7.92. The number of hydrogen-bond donors (Lipinski definition) is 3. The molecule has 0 amide bonds. The fourth-order valence-corrected chi connectivity index (χ4v) is 3.10. The number of sulfonamides is 1. The minimum atomic E-state index is -3.73. The zero-order valence-electron chi connectivity index (χ0n) is 11.0. The summed E-state index contributed by atoms with van der Waals surface area (Å²) in [5.74, 6) is 0. The summed E-state index contributed by atoms with van der Waals surface area (Å²) in [4.78, 5) is 0.0899. The van der Waals surface area contributed by atoms with Crippen molar-refractivity contribution in [3.05, 3.63) is 52.5 Å². The number of rotatable bonds is 4. The first-order valence-corrected chi connectivity index (χ1v) is 8.57. The van der Waals surface area contributed by atoms with E-state index in [9.17, 15) is 8.42 Å². The predicted octanol–water partition coefficient (Wildman–Crippen LogP) is 3.45. The van der Waals surface area contributed by atoms with Gasteiger partial charge in [-0.25, -0.2) is 8.42 Å². The van der Waals surface area contributed by atoms with Gasteiger partial charge >= 0.3 is 0 Å². The second-order valence-corrected chi connectivity index (χ2v) is 7.18. The summed E-state index contributed by atoms with van der Waals surface area (Å²) in [7, 11) is -3.73. The number of halogens is 2. The van der Waals surface area contributed by atoms with E-state index in [2.05, 4.69) is 10.0 Å². The molecule has 0 radical (unpaired) electrons. The Bertz CT molecular complexity index is 809. The number of hydrogen-bond acceptors (Lipinski definition) is 3. The van der Waals surface area contributed by atoms with Crippen molar-refractivity contribution < 1.29 is 8.42 Å². The lowest BCUT2D eigenvalue weighted by Crippen LogP contribution is -2.19. The van der Waals surface area contributed by atoms with Gasteiger partial charge in [0.2, 0.25) is 0 Å². The van der Waals surface area contributed by atoms with Crippen LogP contribution in [0, 0.1) is 0 Å². The fourth-order valence-electron chi connectivity index (χ4n) is 1.63. The molecule has 5 nitrogen and oxygen atoms in total. The number of benzene rings is 2. The molecule has 2 aromatic carbocycles. The minimum absolute atomic E-state index is 0.0899. The van der Waals surface area contributed by atoms with E-state index in [1.165, 1.54) is 30.3 Å². The van der Waals surface area contributed by atoms with E-state index in [1.54, 1.807) is 12.1 Å². The predicted molar refractivity (Wildman–Crippen MR) is 94.1 cm³/mol. The molecule has 0 atom stereocenters. The van der Waals surface area contributed by atoms with Crippen LogP contribution in [0.25, 0.3) is 0 Å². The molecule has 9 heteroatoms. The third kappa shape index (κ3) is 4.23. The van der Waals surface area contributed by atoms with Crippen molar-refractivity contribution in [3.8, 4) is 0 Å². The number of thiocarbonyl (C=S) groups is 1. The van der Waals surface area contributed by atoms with Crippen molar-refractivity contribution in [2.75, 3.05) is 10.0 Å². The van der Waals surface area contributed by atoms with Crippen LogP contribution in [0.4, 0.5) is 11.4 Å². The van der Waals surface area contributed by atoms with Gasteiger partial charge in [-0.2, -0.15) is 0 Å². The molecule has 116 valence electrons. The SMILES string of the molecule is NC(=S)Nc1ccc(S(=O)(=O)Nc2ccc(Cl)c(Cl)c2)cc1. The number of nitrogens with two attached hydrogens (primary N) is 1. The summed E-state index contributed by atoms with van der Waals surface area (Å²) in [6.45, 7) is 0. The van der Waals surface area contributed by atoms with E-state index in [1.807, 2.05) is 0 Å². The molecule has 0 saturated carbocycles. The second-order valence-electron chi connectivity index (χ2n) is 4.25. The minimum Gasteiger partial charge on any atom is -0.376 e. The molecule has 22 heavy (non-hydrogen) atoms. The molecule has 0 spiro atoms. The number of nitrogens with one attached hydrogen (secondary N) is 2. The molecule has 2 rings (SSSR count). The molecule has 0 fully saturated rings. The Balaban J connectivity index is 2.22. The third-order valence-corrected chi connectivity index (χ3v) is 4.84. The summed E-state index contributed by atoms with van der Waals surface area (Å²) >= 11 is 16.4. The zero-order chi connectivity index (χ0) is 16.3. The van der Waals surface area contributed by atoms with Crippen molar-refractivity contribution in [1.29, 1.82) is 0 Å². The molecule has 0 aliphatic heterocycles. The van der Waals surface area contributed by atoms with Crippen molar-refractivity contribution in [3.63, 3.8) is 0 Å². The average molecular weight is 376 g/mol. The summed E-state index contributed by atoms with van der Waals surface area (Å²) in [6.07, 6.45) is 0. The van der Waals surface area contributed by atoms with Gasteiger partial charge in [0.25, 0.3) is 10.0 Å². The maximum Gasteiger partial charge on any atom is 0.261 e. The lowest BCUT2D eigenvalue weighted by atomic mass is 10.3. The van der Waals surface area contributed by atoms with Gasteiger partial charge in [-0.3, -0.25) is 4.72 Å². The molecule has 0 aliphatic carbocycles. The molecular weight excluding hydrogens is 365 g/mol. The molecule has 0 heterocycles. The summed E-state index contributed by atoms with van der Waals surface area (Å²) < 4.78 is 27.0. The Hall–Kier alpha value is -1.54. The van der Waals surface area contributed by atoms with Gasteiger partial charge in [-0.1, -0.05) is 23.2 Å². The maximum atomic E-state index is 12.3. The van der Waals surface area contributed by atoms with E-state index < -0.39 is 10.0 Å². The number of anilines is 2. The van der Waals surface area contributed by atoms with Crippen LogP contribution < -0.4 is 15.8 Å². The van der Waals surface area contributed by atoms with Gasteiger partial charge in [-0.15, -0.1) is 0 Å². The van der Waals surface area contributed by atoms with Gasteiger partial charge in [0.05, 0.1) is 20.6 Å². The lowest BCUT2D eigenvalue weighted by molar-refractivity contribution is 0.601. The van der Waals surface area contributed by atoms with Crippen molar-refractivity contribution in [2.45, 2.75) is 4.90 Å². The van der Waals surface area contributed by atoms with Crippen LogP contribution in [-0.2, 0) is 10.0 Å². The van der Waals surface area contributed by atoms with E-state index >= 15 is 0 Å². The van der Waals surface area contributed by atoms with Crippen LogP contribution in [0.2, 0.25) is 10.0 Å². The summed E-state index contributed by atoms with van der Waals surface area (Å²) in [6, 6.07) is 10.4. The first-order chi connectivity index (χ1) is 10.3. The van der Waals surface area contributed by atoms with Gasteiger partial charge in [0, 0.05) is 5.69 Å². The molecule has 0 aromatic heterocycles. The third-order valence-electron chi connectivity index (χ3n) is 2.60. The monoisotopic (exact) mass is 375 g/mol. The van der Waals surface area contributed by atoms with Crippen LogP contribution in [0.5, 0.6) is 0 Å². The molecule has 0 unspecified atom stereocenters. The Kier molecular flexibility index (Phi) is 5.12. The molecule has 4 N–H and O–H groups in total. The Labute approximate surface area is 143 Å². The zero-order valence-corrected chi connectivity index (χ0v) is 14.2. The Morgan fingerprint density at radius 2 is 1.59 bits per heavy atom. The Morgan fingerprint density at radius 1 is 1.00 bits per heavy atom. The van der Waals surface area contributed by atoms with E-state index in [0.717, 1.165) is 0 Å². The quantitative estimate of drug-likeness (QED) is 0.712. The average Bonchev–Trinajstić information content (AvgIpc) is 2.42. The molecule has 0 bridgehead atoms. The van der Waals surface area contributed by atoms with Crippen LogP contribution in [0.3, 0.4) is 0 Å². The van der Waals surface area contributed by atoms with E-state index in [0.29, 0.717) is 16.4 Å². The van der Waals surface area contributed by atoms with Crippen molar-refractivity contribution >= 4 is 61.9 Å². The van der Waals surface area contributed by atoms with Gasteiger partial charge < -0.3 is 11.1 Å². The highest BCUT2D eigenvalue weighted by Gasteiger charge is 2.14. The van der Waals surface area contributed by atoms with Crippen molar-refractivity contribution in [2.24, 2.45) is 5.73 Å². The van der Waals surface area contributed by atoms with Crippen LogP contribution in [-0.4, -0.2) is 13.5 Å². The standard InChI is InChI=1S/C13H11Cl2N3O2S2/c14-11-6-3-9(7-12(11)15)18-22(19,20)10-4-1-8(2-5-10)17-13(16)21/h1-7,18H,(H3,16,17,21). The highest BCUT2D eigenvalue weighted by Crippen LogP contribution is 2.26. The topological polar surface area (TPSA) is 84.2 Å². The van der Waals surface area contributed by atoms with Crippen LogP contribution in [0.15, 0.2) is 47.4 Å². The summed E-state index contributed by atoms with van der Waals surface area (Å²) in [5, 5.41) is 3.42. The Morgan fingerprint density at radius 3 is 2.14 bits per heavy atom. The smallest absolute Gasteiger partial charge is 0.261 e. The van der Waals surface area contributed by atoms with Crippen LogP contribution in [0.1, 0.15) is 0 Å². The normalized spacial score (nSPS) is 11.0. The molecular formula is C13H11Cl2N3O2S2. The molecule has 0 saturated heterocycles. The van der Waals surface area contributed by atoms with Gasteiger partial charge in [0.1, 0.15) is 0 Å². The van der Waals surface area contributed by atoms with Gasteiger partial charge in [0.15, 0.2) is 5.11 Å². The van der Waals surface area contributed by atoms with E-state index in [-0.39, 0.29) is 15.0 Å². The largest absolute Gasteiger partial charge is 0.376 e. The first-order valence-electron chi connectivity index (χ1n) is 5.92.